The highest BCUT2D eigenvalue weighted by atomic mass is 19.4. The molecule has 1 aromatic carbocycles. The Morgan fingerprint density at radius 2 is 1.79 bits per heavy atom. The first-order valence-corrected chi connectivity index (χ1v) is 12.5. The highest BCUT2D eigenvalue weighted by Gasteiger charge is 2.49. The van der Waals surface area contributed by atoms with Crippen LogP contribution in [0.2, 0.25) is 0 Å². The molecule has 8 nitrogen and oxygen atoms in total. The Kier molecular flexibility index (Phi) is 8.53. The van der Waals surface area contributed by atoms with Gasteiger partial charge in [-0.25, -0.2) is 4.39 Å². The molecular formula is C27H31F4N5O3. The molecule has 3 rings (SSSR count). The summed E-state index contributed by atoms with van der Waals surface area (Å²) in [5, 5.41) is 15.2. The van der Waals surface area contributed by atoms with Crippen molar-refractivity contribution in [1.29, 1.82) is 5.26 Å². The fraction of sp³-hybridized carbons (Fsp3) is 0.519. The second-order valence-corrected chi connectivity index (χ2v) is 11.1. The predicted molar refractivity (Wildman–Crippen MR) is 134 cm³/mol. The number of hydrogen-bond donors (Lipinski definition) is 2. The van der Waals surface area contributed by atoms with E-state index in [9.17, 15) is 37.2 Å². The van der Waals surface area contributed by atoms with E-state index in [0.717, 1.165) is 0 Å². The summed E-state index contributed by atoms with van der Waals surface area (Å²) >= 11 is 0. The van der Waals surface area contributed by atoms with Crippen molar-refractivity contribution < 1.29 is 31.9 Å². The first kappa shape index (κ1) is 29.8. The van der Waals surface area contributed by atoms with E-state index >= 15 is 0 Å². The standard InChI is InChI=1S/C27H31F4N5O3/c1-14(2)17-8-9-36(24(38)22(26(3,4)5)35-25(39)27(29,30)31)21(17)23(37)34-20(11-32)19-13-33-12-15-6-7-16(28)10-18(15)19/h6-7,10,12-14,17,20-22H,8-9H2,1-5H3,(H,34,37)(H,35,39)/t17?,20?,21-,22+/m0/s1. The molecule has 1 aliphatic heterocycles. The van der Waals surface area contributed by atoms with Crippen LogP contribution in [-0.4, -0.2) is 52.4 Å². The second kappa shape index (κ2) is 11.2. The highest BCUT2D eigenvalue weighted by molar-refractivity contribution is 5.94. The number of nitrogens with one attached hydrogen (secondary N) is 2. The van der Waals surface area contributed by atoms with Gasteiger partial charge in [-0.2, -0.15) is 18.4 Å². The number of pyridine rings is 1. The number of rotatable bonds is 6. The average Bonchev–Trinajstić information content (AvgIpc) is 3.29. The van der Waals surface area contributed by atoms with E-state index in [1.807, 2.05) is 19.9 Å². The molecule has 0 aliphatic carbocycles. The molecule has 1 fully saturated rings. The van der Waals surface area contributed by atoms with Crippen molar-refractivity contribution in [2.24, 2.45) is 17.3 Å². The number of nitrogens with zero attached hydrogens (tertiary/aromatic N) is 3. The number of nitriles is 1. The first-order chi connectivity index (χ1) is 18.1. The Bertz CT molecular complexity index is 1300. The SMILES string of the molecule is CC(C)C1CCN(C(=O)[C@@H](NC(=O)C(F)(F)F)C(C)(C)C)[C@@H]1C(=O)NC(C#N)c1cncc2ccc(F)cc12. The number of alkyl halides is 3. The molecule has 0 bridgehead atoms. The van der Waals surface area contributed by atoms with Crippen LogP contribution >= 0.6 is 0 Å². The molecule has 12 heteroatoms. The molecule has 2 aromatic rings. The van der Waals surface area contributed by atoms with E-state index in [4.69, 9.17) is 0 Å². The number of carbonyl (C=O) groups excluding carboxylic acids is 3. The largest absolute Gasteiger partial charge is 0.471 e. The van der Waals surface area contributed by atoms with Gasteiger partial charge in [0.2, 0.25) is 11.8 Å². The van der Waals surface area contributed by atoms with Crippen LogP contribution in [0.1, 0.15) is 52.6 Å². The van der Waals surface area contributed by atoms with E-state index in [-0.39, 0.29) is 23.9 Å². The van der Waals surface area contributed by atoms with Crippen molar-refractivity contribution in [3.63, 3.8) is 0 Å². The number of halogens is 4. The lowest BCUT2D eigenvalue weighted by Gasteiger charge is -2.37. The Morgan fingerprint density at radius 1 is 1.13 bits per heavy atom. The lowest BCUT2D eigenvalue weighted by Crippen LogP contribution is -2.60. The van der Waals surface area contributed by atoms with Crippen molar-refractivity contribution in [3.05, 3.63) is 42.0 Å². The molecule has 1 aliphatic rings. The van der Waals surface area contributed by atoms with Gasteiger partial charge in [0.15, 0.2) is 0 Å². The van der Waals surface area contributed by atoms with Crippen LogP contribution in [0.4, 0.5) is 17.6 Å². The van der Waals surface area contributed by atoms with Crippen LogP contribution in [-0.2, 0) is 14.4 Å². The zero-order valence-corrected chi connectivity index (χ0v) is 22.3. The third-order valence-electron chi connectivity index (χ3n) is 6.98. The van der Waals surface area contributed by atoms with Gasteiger partial charge in [0.25, 0.3) is 0 Å². The lowest BCUT2D eigenvalue weighted by molar-refractivity contribution is -0.176. The van der Waals surface area contributed by atoms with Gasteiger partial charge in [-0.15, -0.1) is 0 Å². The molecule has 1 saturated heterocycles. The Labute approximate surface area is 223 Å². The second-order valence-electron chi connectivity index (χ2n) is 11.1. The highest BCUT2D eigenvalue weighted by Crippen LogP contribution is 2.34. The summed E-state index contributed by atoms with van der Waals surface area (Å²) in [7, 11) is 0. The first-order valence-electron chi connectivity index (χ1n) is 12.5. The Hall–Kier alpha value is -3.75. The molecule has 2 heterocycles. The van der Waals surface area contributed by atoms with Gasteiger partial charge >= 0.3 is 12.1 Å². The molecule has 1 aromatic heterocycles. The van der Waals surface area contributed by atoms with Crippen LogP contribution < -0.4 is 10.6 Å². The van der Waals surface area contributed by atoms with E-state index < -0.39 is 53.3 Å². The van der Waals surface area contributed by atoms with Gasteiger partial charge in [0.1, 0.15) is 23.9 Å². The number of hydrogen-bond acceptors (Lipinski definition) is 5. The average molecular weight is 550 g/mol. The van der Waals surface area contributed by atoms with Crippen molar-refractivity contribution >= 4 is 28.5 Å². The lowest BCUT2D eigenvalue weighted by atomic mass is 9.84. The smallest absolute Gasteiger partial charge is 0.336 e. The summed E-state index contributed by atoms with van der Waals surface area (Å²) in [5.74, 6) is -4.77. The molecule has 2 N–H and O–H groups in total. The molecule has 0 radical (unpaired) electrons. The number of likely N-dealkylation sites (tertiary alicyclic amines) is 1. The molecule has 4 atom stereocenters. The summed E-state index contributed by atoms with van der Waals surface area (Å²) in [4.78, 5) is 44.3. The summed E-state index contributed by atoms with van der Waals surface area (Å²) < 4.78 is 53.1. The van der Waals surface area contributed by atoms with Crippen molar-refractivity contribution in [1.82, 2.24) is 20.5 Å². The topological polar surface area (TPSA) is 115 Å². The van der Waals surface area contributed by atoms with Crippen LogP contribution in [0.25, 0.3) is 10.8 Å². The minimum atomic E-state index is -5.20. The van der Waals surface area contributed by atoms with Crippen molar-refractivity contribution in [2.45, 2.75) is 65.3 Å². The number of carbonyl (C=O) groups is 3. The normalized spacial score (nSPS) is 19.5. The van der Waals surface area contributed by atoms with Crippen molar-refractivity contribution in [3.8, 4) is 6.07 Å². The van der Waals surface area contributed by atoms with E-state index in [2.05, 4.69) is 10.3 Å². The van der Waals surface area contributed by atoms with Gasteiger partial charge in [-0.05, 0) is 47.3 Å². The van der Waals surface area contributed by atoms with Crippen LogP contribution in [0.3, 0.4) is 0 Å². The van der Waals surface area contributed by atoms with Crippen molar-refractivity contribution in [2.75, 3.05) is 6.54 Å². The summed E-state index contributed by atoms with van der Waals surface area (Å²) in [5.41, 5.74) is -0.854. The number of fused-ring (bicyclic) bond motifs is 1. The van der Waals surface area contributed by atoms with Gasteiger partial charge in [0, 0.05) is 29.9 Å². The summed E-state index contributed by atoms with van der Waals surface area (Å²) in [6.07, 6.45) is -1.97. The Morgan fingerprint density at radius 3 is 2.36 bits per heavy atom. The number of aromatic nitrogens is 1. The molecule has 39 heavy (non-hydrogen) atoms. The fourth-order valence-corrected chi connectivity index (χ4v) is 4.92. The maximum atomic E-state index is 14.0. The minimum Gasteiger partial charge on any atom is -0.336 e. The monoisotopic (exact) mass is 549 g/mol. The summed E-state index contributed by atoms with van der Waals surface area (Å²) in [6, 6.07) is 2.02. The fourth-order valence-electron chi connectivity index (χ4n) is 4.92. The van der Waals surface area contributed by atoms with Crippen LogP contribution in [0.15, 0.2) is 30.6 Å². The van der Waals surface area contributed by atoms with Gasteiger partial charge in [-0.1, -0.05) is 34.6 Å². The zero-order valence-electron chi connectivity index (χ0n) is 22.3. The maximum Gasteiger partial charge on any atom is 0.471 e. The number of benzene rings is 1. The van der Waals surface area contributed by atoms with Gasteiger partial charge in [0.05, 0.1) is 6.07 Å². The third kappa shape index (κ3) is 6.46. The number of amides is 3. The molecular weight excluding hydrogens is 518 g/mol. The minimum absolute atomic E-state index is 0.0759. The molecule has 2 unspecified atom stereocenters. The summed E-state index contributed by atoms with van der Waals surface area (Å²) in [6.45, 7) is 8.31. The van der Waals surface area contributed by atoms with Crippen LogP contribution in [0.5, 0.6) is 0 Å². The predicted octanol–water partition coefficient (Wildman–Crippen LogP) is 4.02. The molecule has 3 amide bonds. The van der Waals surface area contributed by atoms with E-state index in [0.29, 0.717) is 17.2 Å². The molecule has 210 valence electrons. The molecule has 0 spiro atoms. The molecule has 0 saturated carbocycles. The quantitative estimate of drug-likeness (QED) is 0.529. The Balaban J connectivity index is 1.95. The van der Waals surface area contributed by atoms with Crippen LogP contribution in [0, 0.1) is 34.4 Å². The maximum absolute atomic E-state index is 14.0. The van der Waals surface area contributed by atoms with E-state index in [1.54, 1.807) is 5.32 Å². The zero-order chi connectivity index (χ0) is 29.3. The third-order valence-corrected chi connectivity index (χ3v) is 6.98. The van der Waals surface area contributed by atoms with Gasteiger partial charge in [-0.3, -0.25) is 19.4 Å². The van der Waals surface area contributed by atoms with E-state index in [1.165, 1.54) is 56.3 Å². The van der Waals surface area contributed by atoms with Gasteiger partial charge < -0.3 is 15.5 Å².